The first-order chi connectivity index (χ1) is 10.6. The topological polar surface area (TPSA) is 84.3 Å². The van der Waals surface area contributed by atoms with E-state index in [4.69, 9.17) is 0 Å². The number of amides is 1. The Morgan fingerprint density at radius 1 is 1.39 bits per heavy atom. The summed E-state index contributed by atoms with van der Waals surface area (Å²) in [6, 6.07) is 2.24. The average molecular weight is 333 g/mol. The molecule has 1 atom stereocenters. The standard InChI is InChI=1S/C14H18F3N3O3/c1-3-9(2)19-13(21)6-7-18-11-5-4-10(14(15,16)17)8-12(11)20(22)23/h4-5,8-9,18H,3,6-7H2,1-2H3,(H,19,21). The summed E-state index contributed by atoms with van der Waals surface area (Å²) < 4.78 is 37.7. The lowest BCUT2D eigenvalue weighted by Gasteiger charge is -2.12. The van der Waals surface area contributed by atoms with Crippen LogP contribution in [0.25, 0.3) is 0 Å². The van der Waals surface area contributed by atoms with E-state index in [1.54, 1.807) is 0 Å². The zero-order valence-corrected chi connectivity index (χ0v) is 12.7. The van der Waals surface area contributed by atoms with Crippen LogP contribution in [0.15, 0.2) is 18.2 Å². The molecule has 128 valence electrons. The van der Waals surface area contributed by atoms with Gasteiger partial charge in [-0.25, -0.2) is 0 Å². The molecule has 1 amide bonds. The molecule has 1 rings (SSSR count). The van der Waals surface area contributed by atoms with Crippen LogP contribution in [0.1, 0.15) is 32.3 Å². The van der Waals surface area contributed by atoms with Crippen LogP contribution in [0, 0.1) is 10.1 Å². The predicted molar refractivity (Wildman–Crippen MR) is 79.1 cm³/mol. The van der Waals surface area contributed by atoms with Gasteiger partial charge in [0.1, 0.15) is 5.69 Å². The highest BCUT2D eigenvalue weighted by Crippen LogP contribution is 2.34. The van der Waals surface area contributed by atoms with E-state index in [2.05, 4.69) is 10.6 Å². The van der Waals surface area contributed by atoms with Crippen LogP contribution in [0.4, 0.5) is 24.5 Å². The summed E-state index contributed by atoms with van der Waals surface area (Å²) >= 11 is 0. The molecule has 9 heteroatoms. The van der Waals surface area contributed by atoms with Gasteiger partial charge in [0.2, 0.25) is 5.91 Å². The maximum Gasteiger partial charge on any atom is 0.416 e. The fourth-order valence-corrected chi connectivity index (χ4v) is 1.77. The van der Waals surface area contributed by atoms with Gasteiger partial charge < -0.3 is 10.6 Å². The number of alkyl halides is 3. The third kappa shape index (κ3) is 5.76. The minimum atomic E-state index is -4.65. The largest absolute Gasteiger partial charge is 0.416 e. The zero-order chi connectivity index (χ0) is 17.6. The van der Waals surface area contributed by atoms with Gasteiger partial charge in [-0.05, 0) is 25.5 Å². The molecule has 0 heterocycles. The van der Waals surface area contributed by atoms with Crippen molar-refractivity contribution in [2.75, 3.05) is 11.9 Å². The van der Waals surface area contributed by atoms with Crippen molar-refractivity contribution in [2.45, 2.75) is 38.9 Å². The predicted octanol–water partition coefficient (Wildman–Crippen LogP) is 3.33. The van der Waals surface area contributed by atoms with Crippen LogP contribution in [-0.2, 0) is 11.0 Å². The SMILES string of the molecule is CCC(C)NC(=O)CCNc1ccc(C(F)(F)F)cc1[N+](=O)[O-]. The van der Waals surface area contributed by atoms with Gasteiger partial charge >= 0.3 is 6.18 Å². The van der Waals surface area contributed by atoms with Crippen molar-refractivity contribution in [3.8, 4) is 0 Å². The Morgan fingerprint density at radius 3 is 2.57 bits per heavy atom. The lowest BCUT2D eigenvalue weighted by Crippen LogP contribution is -2.32. The van der Waals surface area contributed by atoms with Crippen molar-refractivity contribution in [2.24, 2.45) is 0 Å². The second-order valence-electron chi connectivity index (χ2n) is 5.04. The van der Waals surface area contributed by atoms with Crippen LogP contribution >= 0.6 is 0 Å². The molecule has 0 aromatic heterocycles. The molecule has 0 bridgehead atoms. The summed E-state index contributed by atoms with van der Waals surface area (Å²) in [6.07, 6.45) is -3.83. The Kier molecular flexibility index (Phi) is 6.35. The molecule has 0 fully saturated rings. The second-order valence-corrected chi connectivity index (χ2v) is 5.04. The molecule has 0 spiro atoms. The number of hydrogen-bond donors (Lipinski definition) is 2. The first kappa shape index (κ1) is 18.7. The molecule has 2 N–H and O–H groups in total. The molecular weight excluding hydrogens is 315 g/mol. The Bertz CT molecular complexity index is 576. The van der Waals surface area contributed by atoms with Crippen LogP contribution < -0.4 is 10.6 Å². The quantitative estimate of drug-likeness (QED) is 0.592. The maximum atomic E-state index is 12.6. The molecule has 1 aromatic carbocycles. The van der Waals surface area contributed by atoms with Crippen molar-refractivity contribution in [1.82, 2.24) is 5.32 Å². The van der Waals surface area contributed by atoms with E-state index in [0.717, 1.165) is 18.6 Å². The summed E-state index contributed by atoms with van der Waals surface area (Å²) in [6.45, 7) is 3.83. The fourth-order valence-electron chi connectivity index (χ4n) is 1.77. The highest BCUT2D eigenvalue weighted by atomic mass is 19.4. The highest BCUT2D eigenvalue weighted by molar-refractivity contribution is 5.77. The number of nitrogens with zero attached hydrogens (tertiary/aromatic N) is 1. The van der Waals surface area contributed by atoms with E-state index in [-0.39, 0.29) is 30.6 Å². The molecule has 0 radical (unpaired) electrons. The number of carbonyl (C=O) groups excluding carboxylic acids is 1. The summed E-state index contributed by atoms with van der Waals surface area (Å²) in [7, 11) is 0. The lowest BCUT2D eigenvalue weighted by atomic mass is 10.1. The summed E-state index contributed by atoms with van der Waals surface area (Å²) in [5, 5.41) is 16.2. The van der Waals surface area contributed by atoms with Crippen LogP contribution in [0.5, 0.6) is 0 Å². The summed E-state index contributed by atoms with van der Waals surface area (Å²) in [5.41, 5.74) is -1.83. The van der Waals surface area contributed by atoms with Crippen LogP contribution in [0.2, 0.25) is 0 Å². The van der Waals surface area contributed by atoms with Crippen molar-refractivity contribution in [3.63, 3.8) is 0 Å². The Balaban J connectivity index is 2.73. The molecule has 1 unspecified atom stereocenters. The van der Waals surface area contributed by atoms with Gasteiger partial charge in [0.15, 0.2) is 0 Å². The zero-order valence-electron chi connectivity index (χ0n) is 12.7. The molecule has 23 heavy (non-hydrogen) atoms. The first-order valence-electron chi connectivity index (χ1n) is 7.04. The number of benzene rings is 1. The number of carbonyl (C=O) groups is 1. The molecular formula is C14H18F3N3O3. The minimum absolute atomic E-state index is 0.0166. The van der Waals surface area contributed by atoms with Gasteiger partial charge in [0.05, 0.1) is 10.5 Å². The normalized spacial score (nSPS) is 12.6. The third-order valence-electron chi connectivity index (χ3n) is 3.21. The number of rotatable bonds is 7. The van der Waals surface area contributed by atoms with Crippen LogP contribution in [0.3, 0.4) is 0 Å². The molecule has 0 saturated heterocycles. The van der Waals surface area contributed by atoms with Gasteiger partial charge in [-0.15, -0.1) is 0 Å². The second kappa shape index (κ2) is 7.80. The van der Waals surface area contributed by atoms with Gasteiger partial charge in [-0.1, -0.05) is 6.92 Å². The number of hydrogen-bond acceptors (Lipinski definition) is 4. The Morgan fingerprint density at radius 2 is 2.04 bits per heavy atom. The molecule has 0 aliphatic rings. The van der Waals surface area contributed by atoms with E-state index in [9.17, 15) is 28.1 Å². The van der Waals surface area contributed by atoms with E-state index < -0.39 is 22.4 Å². The smallest absolute Gasteiger partial charge is 0.379 e. The van der Waals surface area contributed by atoms with Gasteiger partial charge in [0.25, 0.3) is 5.69 Å². The molecule has 0 saturated carbocycles. The summed E-state index contributed by atoms with van der Waals surface area (Å²) in [5.74, 6) is -0.235. The minimum Gasteiger partial charge on any atom is -0.379 e. The van der Waals surface area contributed by atoms with Crippen molar-refractivity contribution >= 4 is 17.3 Å². The highest BCUT2D eigenvalue weighted by Gasteiger charge is 2.33. The third-order valence-corrected chi connectivity index (χ3v) is 3.21. The van der Waals surface area contributed by atoms with Crippen molar-refractivity contribution in [3.05, 3.63) is 33.9 Å². The fraction of sp³-hybridized carbons (Fsp3) is 0.500. The molecule has 1 aromatic rings. The van der Waals surface area contributed by atoms with E-state index in [1.165, 1.54) is 0 Å². The van der Waals surface area contributed by atoms with Gasteiger partial charge in [-0.3, -0.25) is 14.9 Å². The lowest BCUT2D eigenvalue weighted by molar-refractivity contribution is -0.384. The van der Waals surface area contributed by atoms with E-state index in [1.807, 2.05) is 13.8 Å². The van der Waals surface area contributed by atoms with Gasteiger partial charge in [-0.2, -0.15) is 13.2 Å². The maximum absolute atomic E-state index is 12.6. The van der Waals surface area contributed by atoms with Crippen LogP contribution in [-0.4, -0.2) is 23.4 Å². The average Bonchev–Trinajstić information content (AvgIpc) is 2.45. The molecule has 0 aliphatic heterocycles. The summed E-state index contributed by atoms with van der Waals surface area (Å²) in [4.78, 5) is 21.6. The molecule has 6 nitrogen and oxygen atoms in total. The number of nitro benzene ring substituents is 1. The van der Waals surface area contributed by atoms with Gasteiger partial charge in [0, 0.05) is 25.1 Å². The Hall–Kier alpha value is -2.32. The monoisotopic (exact) mass is 333 g/mol. The number of anilines is 1. The van der Waals surface area contributed by atoms with E-state index >= 15 is 0 Å². The van der Waals surface area contributed by atoms with E-state index in [0.29, 0.717) is 6.07 Å². The first-order valence-corrected chi connectivity index (χ1v) is 7.04. The van der Waals surface area contributed by atoms with Crippen molar-refractivity contribution in [1.29, 1.82) is 0 Å². The number of nitro groups is 1. The molecule has 0 aliphatic carbocycles. The van der Waals surface area contributed by atoms with Crippen molar-refractivity contribution < 1.29 is 22.9 Å². The number of nitrogens with one attached hydrogen (secondary N) is 2. The Labute approximate surface area is 131 Å². The number of halogens is 3.